The zero-order valence-corrected chi connectivity index (χ0v) is 17.9. The van der Waals surface area contributed by atoms with Crippen LogP contribution in [0.5, 0.6) is 0 Å². The number of hydrogen-bond donors (Lipinski definition) is 2. The van der Waals surface area contributed by atoms with Crippen molar-refractivity contribution < 1.29 is 19.3 Å². The summed E-state index contributed by atoms with van der Waals surface area (Å²) in [6.07, 6.45) is 3.99. The second-order valence-corrected chi connectivity index (χ2v) is 7.59. The molecule has 0 fully saturated rings. The number of hydroxylamine groups is 1. The topological polar surface area (TPSA) is 101 Å². The fourth-order valence-electron chi connectivity index (χ4n) is 3.81. The van der Waals surface area contributed by atoms with E-state index in [1.807, 2.05) is 54.6 Å². The summed E-state index contributed by atoms with van der Waals surface area (Å²) < 4.78 is 5.25. The lowest BCUT2D eigenvalue weighted by Gasteiger charge is -2.23. The van der Waals surface area contributed by atoms with E-state index < -0.39 is 0 Å². The van der Waals surface area contributed by atoms with E-state index in [4.69, 9.17) is 14.5 Å². The Morgan fingerprint density at radius 2 is 1.91 bits per heavy atom. The van der Waals surface area contributed by atoms with Gasteiger partial charge in [-0.05, 0) is 29.7 Å². The lowest BCUT2D eigenvalue weighted by atomic mass is 10.0. The van der Waals surface area contributed by atoms with Crippen molar-refractivity contribution in [2.45, 2.75) is 31.7 Å². The molecule has 0 spiro atoms. The van der Waals surface area contributed by atoms with Crippen molar-refractivity contribution in [3.05, 3.63) is 83.8 Å². The van der Waals surface area contributed by atoms with Crippen molar-refractivity contribution in [3.8, 4) is 11.1 Å². The molecule has 1 aromatic heterocycles. The molecule has 0 radical (unpaired) electrons. The van der Waals surface area contributed by atoms with Gasteiger partial charge in [0.05, 0.1) is 19.4 Å². The number of nitrogens with one attached hydrogen (secondary N) is 1. The van der Waals surface area contributed by atoms with Gasteiger partial charge in [0.2, 0.25) is 5.89 Å². The summed E-state index contributed by atoms with van der Waals surface area (Å²) in [7, 11) is 1.55. The molecule has 3 aromatic rings. The van der Waals surface area contributed by atoms with Crippen molar-refractivity contribution >= 4 is 5.91 Å². The molecule has 2 heterocycles. The Morgan fingerprint density at radius 3 is 2.62 bits per heavy atom. The second kappa shape index (κ2) is 10.2. The standard InChI is InChI=1S/C24H26N4O4/c1-31-26-20-15-21(11-12-23-25-22(13-14-29)27-32-23)28(16-20)24(30)19-9-7-18(8-10-19)17-5-3-2-4-6-17/h2-10,16,21,26,29H,11-15H2,1H3. The third-order valence-electron chi connectivity index (χ3n) is 5.39. The summed E-state index contributed by atoms with van der Waals surface area (Å²) in [5.74, 6) is 0.912. The molecule has 2 aromatic carbocycles. The van der Waals surface area contributed by atoms with Crippen molar-refractivity contribution in [1.29, 1.82) is 0 Å². The molecule has 4 rings (SSSR count). The number of hydrogen-bond acceptors (Lipinski definition) is 7. The predicted molar refractivity (Wildman–Crippen MR) is 118 cm³/mol. The van der Waals surface area contributed by atoms with E-state index in [9.17, 15) is 4.79 Å². The van der Waals surface area contributed by atoms with Crippen LogP contribution in [0.2, 0.25) is 0 Å². The zero-order valence-electron chi connectivity index (χ0n) is 17.9. The molecule has 0 saturated carbocycles. The Hall–Kier alpha value is -3.49. The summed E-state index contributed by atoms with van der Waals surface area (Å²) in [5.41, 5.74) is 6.47. The van der Waals surface area contributed by atoms with Crippen LogP contribution in [-0.2, 0) is 17.7 Å². The van der Waals surface area contributed by atoms with Crippen molar-refractivity contribution in [1.82, 2.24) is 20.5 Å². The first-order valence-corrected chi connectivity index (χ1v) is 10.6. The molecular weight excluding hydrogens is 408 g/mol. The first kappa shape index (κ1) is 21.7. The molecule has 1 atom stereocenters. The summed E-state index contributed by atoms with van der Waals surface area (Å²) in [6, 6.07) is 17.6. The first-order chi connectivity index (χ1) is 15.7. The molecule has 1 aliphatic heterocycles. The van der Waals surface area contributed by atoms with Gasteiger partial charge in [0.15, 0.2) is 5.82 Å². The fraction of sp³-hybridized carbons (Fsp3) is 0.292. The van der Waals surface area contributed by atoms with E-state index in [1.54, 1.807) is 18.2 Å². The maximum absolute atomic E-state index is 13.3. The molecule has 1 aliphatic rings. The number of carbonyl (C=O) groups is 1. The highest BCUT2D eigenvalue weighted by atomic mass is 16.6. The highest BCUT2D eigenvalue weighted by Gasteiger charge is 2.30. The third kappa shape index (κ3) is 5.04. The minimum Gasteiger partial charge on any atom is -0.396 e. The van der Waals surface area contributed by atoms with Crippen molar-refractivity contribution in [2.24, 2.45) is 0 Å². The summed E-state index contributed by atoms with van der Waals surface area (Å²) in [6.45, 7) is -0.0249. The van der Waals surface area contributed by atoms with Gasteiger partial charge in [-0.2, -0.15) is 4.98 Å². The summed E-state index contributed by atoms with van der Waals surface area (Å²) in [4.78, 5) is 24.4. The lowest BCUT2D eigenvalue weighted by Crippen LogP contribution is -2.33. The Bertz CT molecular complexity index is 1060. The highest BCUT2D eigenvalue weighted by molar-refractivity contribution is 5.96. The molecule has 1 amide bonds. The SMILES string of the molecule is CONC1=CN(C(=O)c2ccc(-c3ccccc3)cc2)C(CCc2nc(CCO)no2)C1. The van der Waals surface area contributed by atoms with Crippen LogP contribution in [0, 0.1) is 0 Å². The van der Waals surface area contributed by atoms with E-state index in [2.05, 4.69) is 15.6 Å². The molecule has 1 unspecified atom stereocenters. The zero-order chi connectivity index (χ0) is 22.3. The monoisotopic (exact) mass is 434 g/mol. The number of aliphatic hydroxyl groups excluding tert-OH is 1. The van der Waals surface area contributed by atoms with Gasteiger partial charge in [-0.1, -0.05) is 47.6 Å². The molecule has 2 N–H and O–H groups in total. The predicted octanol–water partition coefficient (Wildman–Crippen LogP) is 3.11. The van der Waals surface area contributed by atoms with Gasteiger partial charge in [-0.25, -0.2) is 0 Å². The highest BCUT2D eigenvalue weighted by Crippen LogP contribution is 2.27. The molecule has 166 valence electrons. The number of rotatable bonds is 9. The molecule has 0 aliphatic carbocycles. The van der Waals surface area contributed by atoms with Gasteiger partial charge in [-0.15, -0.1) is 0 Å². The van der Waals surface area contributed by atoms with Crippen LogP contribution in [-0.4, -0.2) is 45.8 Å². The number of aryl methyl sites for hydroxylation is 1. The first-order valence-electron chi connectivity index (χ1n) is 10.6. The smallest absolute Gasteiger partial charge is 0.258 e. The van der Waals surface area contributed by atoms with Crippen molar-refractivity contribution in [2.75, 3.05) is 13.7 Å². The number of aliphatic hydroxyl groups is 1. The van der Waals surface area contributed by atoms with E-state index >= 15 is 0 Å². The maximum Gasteiger partial charge on any atom is 0.258 e. The Kier molecular flexibility index (Phi) is 6.94. The molecule has 8 nitrogen and oxygen atoms in total. The Morgan fingerprint density at radius 1 is 1.16 bits per heavy atom. The Balaban J connectivity index is 1.47. The number of amides is 1. The number of carbonyl (C=O) groups excluding carboxylic acids is 1. The molecule has 0 bridgehead atoms. The number of benzene rings is 2. The van der Waals surface area contributed by atoms with Crippen LogP contribution < -0.4 is 5.48 Å². The average molecular weight is 434 g/mol. The van der Waals surface area contributed by atoms with E-state index in [1.165, 1.54) is 0 Å². The van der Waals surface area contributed by atoms with E-state index in [-0.39, 0.29) is 18.6 Å². The second-order valence-electron chi connectivity index (χ2n) is 7.59. The fourth-order valence-corrected chi connectivity index (χ4v) is 3.81. The van der Waals surface area contributed by atoms with Crippen LogP contribution in [0.3, 0.4) is 0 Å². The number of nitrogens with zero attached hydrogens (tertiary/aromatic N) is 3. The quantitative estimate of drug-likeness (QED) is 0.499. The molecular formula is C24H26N4O4. The summed E-state index contributed by atoms with van der Waals surface area (Å²) >= 11 is 0. The van der Waals surface area contributed by atoms with Crippen LogP contribution in [0.1, 0.15) is 34.9 Å². The van der Waals surface area contributed by atoms with Gasteiger partial charge < -0.3 is 14.5 Å². The minimum absolute atomic E-state index is 0.0249. The Labute approximate surface area is 186 Å². The lowest BCUT2D eigenvalue weighted by molar-refractivity contribution is 0.0777. The number of aromatic nitrogens is 2. The maximum atomic E-state index is 13.3. The van der Waals surface area contributed by atoms with Gasteiger partial charge in [0, 0.05) is 37.1 Å². The van der Waals surface area contributed by atoms with Crippen LogP contribution in [0.15, 0.2) is 71.0 Å². The van der Waals surface area contributed by atoms with E-state index in [0.717, 1.165) is 16.8 Å². The van der Waals surface area contributed by atoms with Gasteiger partial charge in [0.1, 0.15) is 0 Å². The van der Waals surface area contributed by atoms with Gasteiger partial charge in [0.25, 0.3) is 5.91 Å². The largest absolute Gasteiger partial charge is 0.396 e. The molecule has 8 heteroatoms. The van der Waals surface area contributed by atoms with Gasteiger partial charge in [-0.3, -0.25) is 15.1 Å². The third-order valence-corrected chi connectivity index (χ3v) is 5.39. The normalized spacial score (nSPS) is 15.6. The molecule has 32 heavy (non-hydrogen) atoms. The minimum atomic E-state index is -0.0750. The summed E-state index contributed by atoms with van der Waals surface area (Å²) in [5, 5.41) is 12.9. The average Bonchev–Trinajstić information content (AvgIpc) is 3.45. The van der Waals surface area contributed by atoms with Crippen LogP contribution in [0.25, 0.3) is 11.1 Å². The van der Waals surface area contributed by atoms with E-state index in [0.29, 0.717) is 43.0 Å². The van der Waals surface area contributed by atoms with Crippen LogP contribution >= 0.6 is 0 Å². The van der Waals surface area contributed by atoms with Gasteiger partial charge >= 0.3 is 0 Å². The molecule has 0 saturated heterocycles. The van der Waals surface area contributed by atoms with Crippen molar-refractivity contribution in [3.63, 3.8) is 0 Å². The van der Waals surface area contributed by atoms with Crippen LogP contribution in [0.4, 0.5) is 0 Å².